The van der Waals surface area contributed by atoms with E-state index < -0.39 is 5.54 Å². The maximum atomic E-state index is 12.4. The monoisotopic (exact) mass is 283 g/mol. The Hall–Kier alpha value is -2.27. The normalized spacial score (nSPS) is 18.3. The van der Waals surface area contributed by atoms with Crippen molar-refractivity contribution in [2.75, 3.05) is 6.54 Å². The van der Waals surface area contributed by atoms with Gasteiger partial charge in [0.2, 0.25) is 11.8 Å². The van der Waals surface area contributed by atoms with E-state index in [4.69, 9.17) is 0 Å². The molecule has 21 heavy (non-hydrogen) atoms. The molecule has 1 saturated heterocycles. The summed E-state index contributed by atoms with van der Waals surface area (Å²) in [6.45, 7) is 4.05. The molecule has 0 atom stereocenters. The third-order valence-corrected chi connectivity index (χ3v) is 3.83. The summed E-state index contributed by atoms with van der Waals surface area (Å²) >= 11 is 0. The molecule has 2 heterocycles. The quantitative estimate of drug-likeness (QED) is 0.848. The highest BCUT2D eigenvalue weighted by atomic mass is 16.2. The molecule has 0 spiro atoms. The van der Waals surface area contributed by atoms with Gasteiger partial charge in [-0.1, -0.05) is 18.2 Å². The van der Waals surface area contributed by atoms with Crippen LogP contribution in [0.4, 0.5) is 0 Å². The second kappa shape index (κ2) is 4.93. The summed E-state index contributed by atoms with van der Waals surface area (Å²) in [5, 5.41) is 3.93. The van der Waals surface area contributed by atoms with E-state index in [-0.39, 0.29) is 24.9 Å². The smallest absolute Gasteiger partial charge is 0.249 e. The van der Waals surface area contributed by atoms with E-state index >= 15 is 0 Å². The maximum Gasteiger partial charge on any atom is 0.249 e. The molecular weight excluding hydrogens is 266 g/mol. The first-order valence-corrected chi connectivity index (χ1v) is 6.91. The first-order valence-electron chi connectivity index (χ1n) is 6.91. The number of fused-ring (bicyclic) bond motifs is 1. The van der Waals surface area contributed by atoms with Crippen LogP contribution in [0.2, 0.25) is 0 Å². The van der Waals surface area contributed by atoms with Gasteiger partial charge in [-0.15, -0.1) is 0 Å². The third-order valence-electron chi connectivity index (χ3n) is 3.83. The topological polar surface area (TPSA) is 62.3 Å². The van der Waals surface area contributed by atoms with Crippen molar-refractivity contribution >= 4 is 22.7 Å². The summed E-state index contributed by atoms with van der Waals surface area (Å²) in [7, 11) is 0. The van der Waals surface area contributed by atoms with Crippen LogP contribution in [0.1, 0.15) is 19.4 Å². The lowest BCUT2D eigenvalue weighted by Gasteiger charge is -2.36. The fourth-order valence-corrected chi connectivity index (χ4v) is 2.54. The zero-order chi connectivity index (χ0) is 15.0. The first-order chi connectivity index (χ1) is 9.99. The largest absolute Gasteiger partial charge is 0.295 e. The number of aromatic nitrogens is 1. The number of pyridine rings is 1. The lowest BCUT2D eigenvalue weighted by atomic mass is 9.99. The number of hydrogen-bond acceptors (Lipinski definition) is 4. The van der Waals surface area contributed by atoms with Crippen molar-refractivity contribution in [1.82, 2.24) is 15.2 Å². The number of rotatable bonds is 2. The molecule has 2 aromatic rings. The van der Waals surface area contributed by atoms with E-state index in [2.05, 4.69) is 10.3 Å². The van der Waals surface area contributed by atoms with Gasteiger partial charge in [-0.25, -0.2) is 0 Å². The summed E-state index contributed by atoms with van der Waals surface area (Å²) in [6, 6.07) is 9.59. The summed E-state index contributed by atoms with van der Waals surface area (Å²) in [5.74, 6) is -0.389. The minimum Gasteiger partial charge on any atom is -0.295 e. The van der Waals surface area contributed by atoms with Gasteiger partial charge in [0.05, 0.1) is 24.1 Å². The minimum atomic E-state index is -0.712. The number of amides is 2. The number of nitrogens with zero attached hydrogens (tertiary/aromatic N) is 2. The summed E-state index contributed by atoms with van der Waals surface area (Å²) in [4.78, 5) is 30.1. The number of carbonyl (C=O) groups is 2. The molecule has 108 valence electrons. The molecule has 0 radical (unpaired) electrons. The number of para-hydroxylation sites is 1. The molecule has 1 aliphatic heterocycles. The number of hydrogen-bond donors (Lipinski definition) is 1. The fraction of sp³-hybridized carbons (Fsp3) is 0.312. The van der Waals surface area contributed by atoms with E-state index in [1.165, 1.54) is 4.90 Å². The highest BCUT2D eigenvalue weighted by Crippen LogP contribution is 2.21. The Bertz CT molecular complexity index is 719. The summed E-state index contributed by atoms with van der Waals surface area (Å²) in [6.07, 6.45) is 1.71. The van der Waals surface area contributed by atoms with Crippen molar-refractivity contribution in [2.45, 2.75) is 25.9 Å². The second-order valence-electron chi connectivity index (χ2n) is 5.75. The van der Waals surface area contributed by atoms with Crippen LogP contribution >= 0.6 is 0 Å². The number of piperazine rings is 1. The third kappa shape index (κ3) is 2.40. The van der Waals surface area contributed by atoms with Crippen LogP contribution in [0.5, 0.6) is 0 Å². The van der Waals surface area contributed by atoms with Crippen LogP contribution < -0.4 is 5.32 Å². The molecule has 2 amide bonds. The van der Waals surface area contributed by atoms with Gasteiger partial charge in [0.25, 0.3) is 0 Å². The predicted molar refractivity (Wildman–Crippen MR) is 79.4 cm³/mol. The van der Waals surface area contributed by atoms with Gasteiger partial charge in [-0.2, -0.15) is 0 Å². The van der Waals surface area contributed by atoms with Crippen LogP contribution in [0, 0.1) is 0 Å². The van der Waals surface area contributed by atoms with Crippen molar-refractivity contribution in [3.05, 3.63) is 42.1 Å². The molecule has 1 fully saturated rings. The average Bonchev–Trinajstić information content (AvgIpc) is 2.48. The second-order valence-corrected chi connectivity index (χ2v) is 5.75. The number of nitrogens with one attached hydrogen (secondary N) is 1. The molecular formula is C16H17N3O2. The van der Waals surface area contributed by atoms with E-state index in [0.717, 1.165) is 16.5 Å². The molecule has 5 nitrogen and oxygen atoms in total. The van der Waals surface area contributed by atoms with Crippen LogP contribution in [0.15, 0.2) is 36.5 Å². The molecule has 0 saturated carbocycles. The number of imide groups is 1. The van der Waals surface area contributed by atoms with Crippen molar-refractivity contribution in [2.24, 2.45) is 0 Å². The molecule has 0 unspecified atom stereocenters. The van der Waals surface area contributed by atoms with Crippen molar-refractivity contribution < 1.29 is 9.59 Å². The lowest BCUT2D eigenvalue weighted by molar-refractivity contribution is -0.153. The highest BCUT2D eigenvalue weighted by Gasteiger charge is 2.39. The molecule has 1 aromatic carbocycles. The standard InChI is InChI=1S/C16H17N3O2/c1-16(2)15(21)19(14(20)9-18-16)10-11-7-8-17-13-6-4-3-5-12(11)13/h3-8,18H,9-10H2,1-2H3. The Morgan fingerprint density at radius 3 is 2.81 bits per heavy atom. The van der Waals surface area contributed by atoms with Gasteiger partial charge in [0, 0.05) is 11.6 Å². The van der Waals surface area contributed by atoms with E-state index in [0.29, 0.717) is 0 Å². The average molecular weight is 283 g/mol. The van der Waals surface area contributed by atoms with Crippen LogP contribution in [-0.2, 0) is 16.1 Å². The molecule has 1 aromatic heterocycles. The van der Waals surface area contributed by atoms with Gasteiger partial charge in [0.15, 0.2) is 0 Å². The minimum absolute atomic E-state index is 0.182. The Labute approximate surface area is 123 Å². The Balaban J connectivity index is 1.98. The Morgan fingerprint density at radius 1 is 1.24 bits per heavy atom. The van der Waals surface area contributed by atoms with Crippen molar-refractivity contribution in [3.8, 4) is 0 Å². The van der Waals surface area contributed by atoms with E-state index in [1.54, 1.807) is 20.0 Å². The zero-order valence-electron chi connectivity index (χ0n) is 12.1. The fourth-order valence-electron chi connectivity index (χ4n) is 2.54. The Kier molecular flexibility index (Phi) is 3.22. The highest BCUT2D eigenvalue weighted by molar-refractivity contribution is 6.03. The van der Waals surface area contributed by atoms with E-state index in [1.807, 2.05) is 30.3 Å². The number of carbonyl (C=O) groups excluding carboxylic acids is 2. The van der Waals surface area contributed by atoms with Gasteiger partial charge >= 0.3 is 0 Å². The molecule has 5 heteroatoms. The zero-order valence-corrected chi connectivity index (χ0v) is 12.1. The lowest BCUT2D eigenvalue weighted by Crippen LogP contribution is -2.63. The van der Waals surface area contributed by atoms with Gasteiger partial charge < -0.3 is 0 Å². The van der Waals surface area contributed by atoms with Crippen LogP contribution in [-0.4, -0.2) is 33.8 Å². The van der Waals surface area contributed by atoms with Crippen LogP contribution in [0.3, 0.4) is 0 Å². The molecule has 0 aliphatic carbocycles. The van der Waals surface area contributed by atoms with Crippen LogP contribution in [0.25, 0.3) is 10.9 Å². The molecule has 0 bridgehead atoms. The summed E-state index contributed by atoms with van der Waals surface area (Å²) in [5.41, 5.74) is 1.08. The Morgan fingerprint density at radius 2 is 2.00 bits per heavy atom. The SMILES string of the molecule is CC1(C)NCC(=O)N(Cc2ccnc3ccccc23)C1=O. The molecule has 3 rings (SSSR count). The molecule has 1 aliphatic rings. The van der Waals surface area contributed by atoms with Crippen molar-refractivity contribution in [1.29, 1.82) is 0 Å². The number of benzene rings is 1. The van der Waals surface area contributed by atoms with Gasteiger partial charge in [-0.3, -0.25) is 24.8 Å². The van der Waals surface area contributed by atoms with Gasteiger partial charge in [0.1, 0.15) is 0 Å². The summed E-state index contributed by atoms with van der Waals surface area (Å²) < 4.78 is 0. The van der Waals surface area contributed by atoms with E-state index in [9.17, 15) is 9.59 Å². The maximum absolute atomic E-state index is 12.4. The first kappa shape index (κ1) is 13.7. The predicted octanol–water partition coefficient (Wildman–Crippen LogP) is 1.47. The van der Waals surface area contributed by atoms with Gasteiger partial charge in [-0.05, 0) is 31.5 Å². The molecule has 1 N–H and O–H groups in total. The van der Waals surface area contributed by atoms with Crippen molar-refractivity contribution in [3.63, 3.8) is 0 Å².